The SMILES string of the molecule is O=C1S/C(=C\C=C\c2ccccc2[N+](=O)[O-])C(=O)N1c1ccc(F)c(Cl)c1. The minimum absolute atomic E-state index is 0.0730. The van der Waals surface area contributed by atoms with E-state index in [9.17, 15) is 24.1 Å². The Balaban J connectivity index is 1.84. The number of imide groups is 1. The van der Waals surface area contributed by atoms with Gasteiger partial charge in [-0.15, -0.1) is 0 Å². The third kappa shape index (κ3) is 3.91. The largest absolute Gasteiger partial charge is 0.298 e. The Morgan fingerprint density at radius 3 is 2.63 bits per heavy atom. The highest BCUT2D eigenvalue weighted by Crippen LogP contribution is 2.36. The van der Waals surface area contributed by atoms with Crippen LogP contribution in [0.1, 0.15) is 5.56 Å². The maximum Gasteiger partial charge on any atom is 0.298 e. The van der Waals surface area contributed by atoms with E-state index in [0.717, 1.165) is 11.0 Å². The molecule has 1 fully saturated rings. The molecule has 6 nitrogen and oxygen atoms in total. The van der Waals surface area contributed by atoms with Crippen molar-refractivity contribution >= 4 is 52.0 Å². The van der Waals surface area contributed by atoms with E-state index in [4.69, 9.17) is 11.6 Å². The van der Waals surface area contributed by atoms with Gasteiger partial charge in [-0.05, 0) is 48.2 Å². The number of nitrogens with zero attached hydrogens (tertiary/aromatic N) is 2. The van der Waals surface area contributed by atoms with Crippen LogP contribution in [0.25, 0.3) is 6.08 Å². The van der Waals surface area contributed by atoms with E-state index in [2.05, 4.69) is 0 Å². The molecule has 1 saturated heterocycles. The van der Waals surface area contributed by atoms with Gasteiger partial charge in [0.05, 0.1) is 26.1 Å². The molecule has 9 heteroatoms. The van der Waals surface area contributed by atoms with Crippen molar-refractivity contribution in [2.75, 3.05) is 4.90 Å². The molecular formula is C18H10ClFN2O4S. The maximum absolute atomic E-state index is 13.3. The lowest BCUT2D eigenvalue weighted by Crippen LogP contribution is -2.27. The number of carbonyl (C=O) groups is 2. The molecule has 1 heterocycles. The molecule has 2 aromatic carbocycles. The summed E-state index contributed by atoms with van der Waals surface area (Å²) in [7, 11) is 0. The quantitative estimate of drug-likeness (QED) is 0.398. The Bertz CT molecular complexity index is 1020. The zero-order chi connectivity index (χ0) is 19.6. The first-order chi connectivity index (χ1) is 12.9. The van der Waals surface area contributed by atoms with Crippen LogP contribution in [0.2, 0.25) is 5.02 Å². The number of benzene rings is 2. The summed E-state index contributed by atoms with van der Waals surface area (Å²) < 4.78 is 13.3. The second-order valence-electron chi connectivity index (χ2n) is 5.31. The van der Waals surface area contributed by atoms with E-state index in [0.29, 0.717) is 17.3 Å². The normalized spacial score (nSPS) is 15.9. The fourth-order valence-electron chi connectivity index (χ4n) is 2.36. The molecule has 0 bridgehead atoms. The summed E-state index contributed by atoms with van der Waals surface area (Å²) >= 11 is 6.41. The predicted molar refractivity (Wildman–Crippen MR) is 102 cm³/mol. The average molecular weight is 405 g/mol. The lowest BCUT2D eigenvalue weighted by molar-refractivity contribution is -0.385. The van der Waals surface area contributed by atoms with Crippen LogP contribution in [-0.4, -0.2) is 16.1 Å². The molecule has 0 N–H and O–H groups in total. The Morgan fingerprint density at radius 1 is 1.19 bits per heavy atom. The van der Waals surface area contributed by atoms with Crippen molar-refractivity contribution in [3.05, 3.63) is 86.0 Å². The smallest absolute Gasteiger partial charge is 0.268 e. The van der Waals surface area contributed by atoms with Gasteiger partial charge in [0.2, 0.25) is 0 Å². The topological polar surface area (TPSA) is 80.5 Å². The van der Waals surface area contributed by atoms with Crippen molar-refractivity contribution in [3.63, 3.8) is 0 Å². The van der Waals surface area contributed by atoms with E-state index in [1.54, 1.807) is 18.2 Å². The molecule has 0 radical (unpaired) electrons. The van der Waals surface area contributed by atoms with Crippen molar-refractivity contribution in [2.45, 2.75) is 0 Å². The Labute approximate surface area is 162 Å². The summed E-state index contributed by atoms with van der Waals surface area (Å²) in [6, 6.07) is 9.68. The lowest BCUT2D eigenvalue weighted by Gasteiger charge is -2.12. The van der Waals surface area contributed by atoms with E-state index < -0.39 is 21.9 Å². The van der Waals surface area contributed by atoms with E-state index in [1.165, 1.54) is 36.4 Å². The monoisotopic (exact) mass is 404 g/mol. The zero-order valence-corrected chi connectivity index (χ0v) is 15.0. The Morgan fingerprint density at radius 2 is 1.93 bits per heavy atom. The fraction of sp³-hybridized carbons (Fsp3) is 0. The minimum Gasteiger partial charge on any atom is -0.268 e. The van der Waals surface area contributed by atoms with E-state index in [1.807, 2.05) is 0 Å². The van der Waals surface area contributed by atoms with Gasteiger partial charge in [0, 0.05) is 6.07 Å². The number of halogens is 2. The fourth-order valence-corrected chi connectivity index (χ4v) is 3.33. The maximum atomic E-state index is 13.3. The number of nitro groups is 1. The van der Waals surface area contributed by atoms with Gasteiger partial charge in [0.15, 0.2) is 0 Å². The predicted octanol–water partition coefficient (Wildman–Crippen LogP) is 5.18. The molecule has 0 aliphatic carbocycles. The number of nitro benzene ring substituents is 1. The van der Waals surface area contributed by atoms with Crippen molar-refractivity contribution in [1.82, 2.24) is 0 Å². The molecule has 3 rings (SSSR count). The van der Waals surface area contributed by atoms with Crippen LogP contribution in [0.15, 0.2) is 59.5 Å². The first kappa shape index (κ1) is 18.8. The van der Waals surface area contributed by atoms with Gasteiger partial charge in [-0.2, -0.15) is 0 Å². The lowest BCUT2D eigenvalue weighted by atomic mass is 10.1. The zero-order valence-electron chi connectivity index (χ0n) is 13.5. The van der Waals surface area contributed by atoms with E-state index >= 15 is 0 Å². The molecule has 27 heavy (non-hydrogen) atoms. The Kier molecular flexibility index (Phi) is 5.38. The number of thioether (sulfide) groups is 1. The number of allylic oxidation sites excluding steroid dienone is 2. The molecule has 1 aliphatic heterocycles. The number of amides is 2. The first-order valence-corrected chi connectivity index (χ1v) is 8.71. The van der Waals surface area contributed by atoms with Crippen molar-refractivity contribution in [3.8, 4) is 0 Å². The van der Waals surface area contributed by atoms with Crippen LogP contribution >= 0.6 is 23.4 Å². The molecule has 0 unspecified atom stereocenters. The van der Waals surface area contributed by atoms with Crippen LogP contribution in [0, 0.1) is 15.9 Å². The number of para-hydroxylation sites is 1. The molecule has 0 spiro atoms. The van der Waals surface area contributed by atoms with Crippen molar-refractivity contribution in [1.29, 1.82) is 0 Å². The van der Waals surface area contributed by atoms with Crippen LogP contribution in [-0.2, 0) is 4.79 Å². The summed E-state index contributed by atoms with van der Waals surface area (Å²) in [5.41, 5.74) is 0.453. The molecule has 2 aromatic rings. The number of hydrogen-bond acceptors (Lipinski definition) is 5. The third-order valence-electron chi connectivity index (χ3n) is 3.61. The first-order valence-electron chi connectivity index (χ1n) is 7.51. The molecule has 0 aromatic heterocycles. The molecular weight excluding hydrogens is 395 g/mol. The number of hydrogen-bond donors (Lipinski definition) is 0. The number of carbonyl (C=O) groups excluding carboxylic acids is 2. The van der Waals surface area contributed by atoms with Crippen LogP contribution in [0.5, 0.6) is 0 Å². The standard InChI is InChI=1S/C18H10ClFN2O4S/c19-13-10-12(8-9-14(13)20)21-17(23)16(27-18(21)24)7-3-5-11-4-1-2-6-15(11)22(25)26/h1-10H/b5-3+,16-7-. The second kappa shape index (κ2) is 7.73. The highest BCUT2D eigenvalue weighted by atomic mass is 35.5. The molecule has 1 aliphatic rings. The van der Waals surface area contributed by atoms with Crippen LogP contribution in [0.3, 0.4) is 0 Å². The summed E-state index contributed by atoms with van der Waals surface area (Å²) in [4.78, 5) is 36.1. The number of anilines is 1. The van der Waals surface area contributed by atoms with Gasteiger partial charge < -0.3 is 0 Å². The third-order valence-corrected chi connectivity index (χ3v) is 4.79. The van der Waals surface area contributed by atoms with Crippen LogP contribution < -0.4 is 4.90 Å². The molecule has 2 amide bonds. The summed E-state index contributed by atoms with van der Waals surface area (Å²) in [6.45, 7) is 0. The Hall–Kier alpha value is -2.97. The van der Waals surface area contributed by atoms with Crippen molar-refractivity contribution < 1.29 is 18.9 Å². The van der Waals surface area contributed by atoms with Gasteiger partial charge >= 0.3 is 0 Å². The highest BCUT2D eigenvalue weighted by Gasteiger charge is 2.36. The van der Waals surface area contributed by atoms with Gasteiger partial charge in [-0.3, -0.25) is 19.7 Å². The molecule has 136 valence electrons. The summed E-state index contributed by atoms with van der Waals surface area (Å²) in [5.74, 6) is -1.24. The van der Waals surface area contributed by atoms with Gasteiger partial charge in [0.25, 0.3) is 16.8 Å². The van der Waals surface area contributed by atoms with Crippen molar-refractivity contribution in [2.24, 2.45) is 0 Å². The van der Waals surface area contributed by atoms with Crippen LogP contribution in [0.4, 0.5) is 20.6 Å². The average Bonchev–Trinajstić information content (AvgIpc) is 2.91. The van der Waals surface area contributed by atoms with Gasteiger partial charge in [-0.25, -0.2) is 9.29 Å². The number of rotatable bonds is 4. The summed E-state index contributed by atoms with van der Waals surface area (Å²) in [6.07, 6.45) is 4.32. The molecule has 0 atom stereocenters. The minimum atomic E-state index is -0.657. The van der Waals surface area contributed by atoms with Gasteiger partial charge in [-0.1, -0.05) is 29.8 Å². The second-order valence-corrected chi connectivity index (χ2v) is 6.71. The van der Waals surface area contributed by atoms with E-state index in [-0.39, 0.29) is 21.3 Å². The molecule has 0 saturated carbocycles. The summed E-state index contributed by atoms with van der Waals surface area (Å²) in [5, 5.41) is 10.2. The highest BCUT2D eigenvalue weighted by molar-refractivity contribution is 8.18. The van der Waals surface area contributed by atoms with Gasteiger partial charge in [0.1, 0.15) is 5.82 Å².